The van der Waals surface area contributed by atoms with Gasteiger partial charge in [0.2, 0.25) is 0 Å². The Hall–Kier alpha value is -2.65. The summed E-state index contributed by atoms with van der Waals surface area (Å²) in [5.41, 5.74) is 1.87. The van der Waals surface area contributed by atoms with Gasteiger partial charge >= 0.3 is 205 Å². The van der Waals surface area contributed by atoms with Gasteiger partial charge in [0, 0.05) is 0 Å². The summed E-state index contributed by atoms with van der Waals surface area (Å²) in [5, 5.41) is 0. The zero-order valence-electron chi connectivity index (χ0n) is 19.9. The van der Waals surface area contributed by atoms with Crippen molar-refractivity contribution in [3.63, 3.8) is 0 Å². The van der Waals surface area contributed by atoms with E-state index in [1.54, 1.807) is 0 Å². The van der Waals surface area contributed by atoms with Crippen LogP contribution in [0.15, 0.2) is 73.3 Å². The Morgan fingerprint density at radius 1 is 0.606 bits per heavy atom. The van der Waals surface area contributed by atoms with Gasteiger partial charge in [-0.2, -0.15) is 0 Å². The Morgan fingerprint density at radius 3 is 1.48 bits per heavy atom. The maximum absolute atomic E-state index is 6.38. The molecule has 0 aromatic heterocycles. The summed E-state index contributed by atoms with van der Waals surface area (Å²) in [5.74, 6) is 1.74. The second-order valence-corrected chi connectivity index (χ2v) is 13.0. The predicted octanol–water partition coefficient (Wildman–Crippen LogP) is 5.15. The second-order valence-electron chi connectivity index (χ2n) is 10.4. The number of rotatable bonds is 0. The van der Waals surface area contributed by atoms with E-state index in [0.29, 0.717) is 0 Å². The molecule has 6 bridgehead atoms. The molecule has 0 amide bonds. The summed E-state index contributed by atoms with van der Waals surface area (Å²) >= 11 is -0.454. The van der Waals surface area contributed by atoms with E-state index < -0.39 is 17.6 Å². The van der Waals surface area contributed by atoms with E-state index in [2.05, 4.69) is 122 Å². The normalized spacial score (nSPS) is 23.3. The molecule has 4 heterocycles. The molecule has 2 aromatic carbocycles. The number of fused-ring (bicyclic) bond motifs is 4. The molecule has 0 saturated heterocycles. The quantitative estimate of drug-likeness (QED) is 0.405. The third kappa shape index (κ3) is 2.88. The molecular formula is C27H30N4OPt. The van der Waals surface area contributed by atoms with Gasteiger partial charge < -0.3 is 0 Å². The van der Waals surface area contributed by atoms with Crippen LogP contribution in [0.2, 0.25) is 0 Å². The van der Waals surface area contributed by atoms with Crippen LogP contribution in [-0.2, 0) is 28.7 Å². The van der Waals surface area contributed by atoms with Crippen molar-refractivity contribution in [1.82, 2.24) is 19.6 Å². The van der Waals surface area contributed by atoms with Gasteiger partial charge in [0.05, 0.1) is 0 Å². The van der Waals surface area contributed by atoms with Crippen LogP contribution in [0.4, 0.5) is 0 Å². The first-order valence-electron chi connectivity index (χ1n) is 11.4. The number of nitrogens with zero attached hydrogens (tertiary/aromatic N) is 4. The Bertz CT molecular complexity index is 1210. The van der Waals surface area contributed by atoms with Gasteiger partial charge in [-0.3, -0.25) is 0 Å². The summed E-state index contributed by atoms with van der Waals surface area (Å²) in [6, 6.07) is 17.1. The van der Waals surface area contributed by atoms with Crippen LogP contribution in [0.25, 0.3) is 0 Å². The van der Waals surface area contributed by atoms with E-state index in [-0.39, 0.29) is 16.7 Å². The second kappa shape index (κ2) is 6.70. The third-order valence-corrected chi connectivity index (χ3v) is 10.5. The molecule has 0 saturated carbocycles. The molecule has 0 unspecified atom stereocenters. The fraction of sp³-hybridized carbons (Fsp3) is 0.333. The molecule has 2 aromatic rings. The average Bonchev–Trinajstić information content (AvgIpc) is 3.40. The van der Waals surface area contributed by atoms with Crippen molar-refractivity contribution in [1.29, 1.82) is 0 Å². The molecule has 0 radical (unpaired) electrons. The molecular weight excluding hydrogens is 591 g/mol. The molecule has 4 aliphatic heterocycles. The SMILES string of the molecule is CC1(C)c2cccc(c2)Oc2cccc(c2)C(C)(C)N2C=CN3[C]2=[Pt]=[C]2N1C=CN2C3(C)C. The molecule has 5 nitrogen and oxygen atoms in total. The fourth-order valence-electron chi connectivity index (χ4n) is 4.93. The van der Waals surface area contributed by atoms with Gasteiger partial charge in [0.25, 0.3) is 0 Å². The zero-order valence-corrected chi connectivity index (χ0v) is 22.2. The summed E-state index contributed by atoms with van der Waals surface area (Å²) < 4.78 is 9.21. The molecule has 4 aliphatic rings. The van der Waals surface area contributed by atoms with Crippen LogP contribution in [0.3, 0.4) is 0 Å². The van der Waals surface area contributed by atoms with Gasteiger partial charge in [0.15, 0.2) is 0 Å². The van der Waals surface area contributed by atoms with E-state index >= 15 is 0 Å². The molecule has 174 valence electrons. The van der Waals surface area contributed by atoms with Crippen molar-refractivity contribution in [2.24, 2.45) is 0 Å². The van der Waals surface area contributed by atoms with Crippen molar-refractivity contribution in [3.8, 4) is 11.5 Å². The van der Waals surface area contributed by atoms with Crippen LogP contribution in [0, 0.1) is 0 Å². The van der Waals surface area contributed by atoms with Crippen LogP contribution in [0.5, 0.6) is 11.5 Å². The first-order chi connectivity index (χ1) is 15.6. The molecule has 6 rings (SSSR count). The van der Waals surface area contributed by atoms with Gasteiger partial charge in [0.1, 0.15) is 0 Å². The molecule has 0 fully saturated rings. The van der Waals surface area contributed by atoms with E-state index in [1.165, 1.54) is 19.4 Å². The average molecular weight is 622 g/mol. The van der Waals surface area contributed by atoms with Gasteiger partial charge in [-0.25, -0.2) is 0 Å². The molecule has 33 heavy (non-hydrogen) atoms. The van der Waals surface area contributed by atoms with Crippen molar-refractivity contribution in [3.05, 3.63) is 84.5 Å². The Labute approximate surface area is 204 Å². The van der Waals surface area contributed by atoms with Crippen LogP contribution < -0.4 is 4.74 Å². The summed E-state index contributed by atoms with van der Waals surface area (Å²) in [6.45, 7) is 13.9. The van der Waals surface area contributed by atoms with Crippen LogP contribution in [-0.4, -0.2) is 33.6 Å². The Morgan fingerprint density at radius 2 is 1.03 bits per heavy atom. The standard InChI is InChI=1S/C27H30N4O.Pt/c1-25(2)21-9-7-11-23(17-21)32-24-12-8-10-22(18-24)26(3,4)29-14-16-31(20-29)27(5,6)30-15-13-28(25)19-30;/h7-18H,1-6H3;. The van der Waals surface area contributed by atoms with Gasteiger partial charge in [-0.05, 0) is 0 Å². The predicted molar refractivity (Wildman–Crippen MR) is 129 cm³/mol. The molecule has 0 N–H and O–H groups in total. The van der Waals surface area contributed by atoms with E-state index in [1.807, 2.05) is 12.1 Å². The van der Waals surface area contributed by atoms with Gasteiger partial charge in [-0.1, -0.05) is 0 Å². The van der Waals surface area contributed by atoms with E-state index in [0.717, 1.165) is 11.5 Å². The Balaban J connectivity index is 1.65. The van der Waals surface area contributed by atoms with Crippen molar-refractivity contribution < 1.29 is 22.4 Å². The van der Waals surface area contributed by atoms with E-state index in [9.17, 15) is 0 Å². The monoisotopic (exact) mass is 621 g/mol. The maximum atomic E-state index is 6.38. The minimum absolute atomic E-state index is 0.185. The summed E-state index contributed by atoms with van der Waals surface area (Å²) in [7, 11) is 0. The summed E-state index contributed by atoms with van der Waals surface area (Å²) in [6.07, 6.45) is 9.05. The number of ether oxygens (including phenoxy) is 1. The number of hydrogen-bond acceptors (Lipinski definition) is 5. The van der Waals surface area contributed by atoms with Crippen LogP contribution >= 0.6 is 0 Å². The topological polar surface area (TPSA) is 22.2 Å². The Kier molecular flexibility index (Phi) is 4.24. The summed E-state index contributed by atoms with van der Waals surface area (Å²) in [4.78, 5) is 9.92. The first kappa shape index (κ1) is 20.9. The first-order valence-corrected chi connectivity index (χ1v) is 13.6. The minimum atomic E-state index is -0.454. The number of benzene rings is 2. The van der Waals surface area contributed by atoms with Gasteiger partial charge in [-0.15, -0.1) is 0 Å². The third-order valence-electron chi connectivity index (χ3n) is 7.31. The van der Waals surface area contributed by atoms with Crippen LogP contribution in [0.1, 0.15) is 52.7 Å². The molecule has 0 atom stereocenters. The molecule has 6 heteroatoms. The van der Waals surface area contributed by atoms with Crippen molar-refractivity contribution in [2.45, 2.75) is 58.3 Å². The zero-order chi connectivity index (χ0) is 23.2. The van der Waals surface area contributed by atoms with E-state index in [4.69, 9.17) is 4.74 Å². The number of hydrogen-bond donors (Lipinski definition) is 0. The fourth-order valence-corrected chi connectivity index (χ4v) is 9.67. The molecule has 0 spiro atoms. The molecule has 0 aliphatic carbocycles. The van der Waals surface area contributed by atoms with Crippen molar-refractivity contribution in [2.75, 3.05) is 0 Å². The van der Waals surface area contributed by atoms with Crippen molar-refractivity contribution >= 4 is 8.29 Å².